The first-order valence-corrected chi connectivity index (χ1v) is 37.3. The Hall–Kier alpha value is -1.97. The highest BCUT2D eigenvalue weighted by Crippen LogP contribution is 2.20. The summed E-state index contributed by atoms with van der Waals surface area (Å²) in [5.41, 5.74) is 0. The second-order valence-corrected chi connectivity index (χ2v) is 27.0. The molecule has 0 aromatic heterocycles. The van der Waals surface area contributed by atoms with Crippen LogP contribution >= 0.6 is 0 Å². The molecule has 2 unspecified atom stereocenters. The summed E-state index contributed by atoms with van der Waals surface area (Å²) in [6.07, 6.45) is 78.9. The lowest BCUT2D eigenvalue weighted by Crippen LogP contribution is -2.44. The third-order valence-electron chi connectivity index (χ3n) is 17.3. The average Bonchev–Trinajstić information content (AvgIpc) is 3.55. The second-order valence-electron chi connectivity index (χ2n) is 27.0. The van der Waals surface area contributed by atoms with Crippen molar-refractivity contribution in [3.8, 4) is 0 Å². The minimum absolute atomic E-state index is 0.152. The molecule has 84 heavy (non-hydrogen) atoms. The van der Waals surface area contributed by atoms with Crippen molar-refractivity contribution in [1.29, 1.82) is 0 Å². The number of likely N-dealkylation sites (N-methyl/N-ethyl adjacent to an activating group) is 1. The molecule has 0 radical (unpaired) electrons. The lowest BCUT2D eigenvalue weighted by atomic mass is 10.0. The van der Waals surface area contributed by atoms with E-state index in [9.17, 15) is 19.5 Å². The summed E-state index contributed by atoms with van der Waals surface area (Å²) in [5.74, 6) is -2.25. The maximum atomic E-state index is 12.9. The van der Waals surface area contributed by atoms with E-state index in [0.717, 1.165) is 38.5 Å². The van der Waals surface area contributed by atoms with Gasteiger partial charge in [0.2, 0.25) is 0 Å². The average molecular weight is 1190 g/mol. The molecular weight excluding hydrogens is 1040 g/mol. The molecule has 0 fully saturated rings. The fraction of sp³-hybridized carbons (Fsp3) is 0.933. The van der Waals surface area contributed by atoms with Crippen LogP contribution in [-0.2, 0) is 33.3 Å². The SMILES string of the molecule is CCCCCCCCCC/C=C\CCCCCCCCCCCCCCCCCCCC(=O)OC(COC(=O)CCCCCCCCCCCCCCCCCCCCCCCCCCCCCCCC)COC(OCC[N+](C)(C)C)C(=O)[O-]. The number of unbranched alkanes of at least 4 members (excludes halogenated alkanes) is 54. The number of carbonyl (C=O) groups is 3. The topological polar surface area (TPSA) is 111 Å². The highest BCUT2D eigenvalue weighted by atomic mass is 16.7. The fourth-order valence-corrected chi connectivity index (χ4v) is 11.5. The summed E-state index contributed by atoms with van der Waals surface area (Å²) in [7, 11) is 5.95. The van der Waals surface area contributed by atoms with Crippen molar-refractivity contribution in [2.75, 3.05) is 47.5 Å². The van der Waals surface area contributed by atoms with Crippen molar-refractivity contribution in [1.82, 2.24) is 0 Å². The Morgan fingerprint density at radius 3 is 0.881 bits per heavy atom. The van der Waals surface area contributed by atoms with Gasteiger partial charge in [-0.05, 0) is 38.5 Å². The molecule has 0 saturated heterocycles. The molecule has 0 aliphatic carbocycles. The molecule has 0 aromatic carbocycles. The van der Waals surface area contributed by atoms with E-state index in [1.54, 1.807) is 0 Å². The van der Waals surface area contributed by atoms with E-state index in [2.05, 4.69) is 26.0 Å². The zero-order valence-corrected chi connectivity index (χ0v) is 57.1. The molecule has 0 aliphatic heterocycles. The molecular formula is C75H145NO8. The highest BCUT2D eigenvalue weighted by Gasteiger charge is 2.22. The van der Waals surface area contributed by atoms with Crippen LogP contribution < -0.4 is 5.11 Å². The molecule has 0 N–H and O–H groups in total. The standard InChI is InChI=1S/C75H145NO8/c1-6-8-10-12-14-16-18-20-22-24-26-28-30-32-34-36-38-39-41-43-45-47-49-51-53-55-57-59-61-63-65-72(77)82-69-71(70-83-75(74(79)80)81-68-67-76(3,4)5)84-73(78)66-64-62-60-58-56-54-52-50-48-46-44-42-40-37-35-33-31-29-27-25-23-21-19-17-15-13-11-9-7-2/h25,27,71,75H,6-24,26,28-70H2,1-5H3/b27-25-. The Morgan fingerprint density at radius 1 is 0.345 bits per heavy atom. The van der Waals surface area contributed by atoms with E-state index in [1.165, 1.54) is 327 Å². The Bertz CT molecular complexity index is 1380. The van der Waals surface area contributed by atoms with Gasteiger partial charge in [0, 0.05) is 12.8 Å². The number of hydrogen-bond acceptors (Lipinski definition) is 8. The number of nitrogens with zero attached hydrogens (tertiary/aromatic N) is 1. The number of quaternary nitrogens is 1. The van der Waals surface area contributed by atoms with Gasteiger partial charge in [-0.15, -0.1) is 0 Å². The van der Waals surface area contributed by atoms with Crippen LogP contribution in [0.5, 0.6) is 0 Å². The Balaban J connectivity index is 4.01. The predicted molar refractivity (Wildman–Crippen MR) is 357 cm³/mol. The van der Waals surface area contributed by atoms with Gasteiger partial charge in [0.25, 0.3) is 0 Å². The van der Waals surface area contributed by atoms with Crippen molar-refractivity contribution >= 4 is 17.9 Å². The van der Waals surface area contributed by atoms with Crippen molar-refractivity contribution in [2.24, 2.45) is 0 Å². The number of hydrogen-bond donors (Lipinski definition) is 0. The third kappa shape index (κ3) is 67.5. The van der Waals surface area contributed by atoms with Crippen LogP contribution in [-0.4, -0.2) is 82.3 Å². The highest BCUT2D eigenvalue weighted by molar-refractivity contribution is 5.70. The lowest BCUT2D eigenvalue weighted by Gasteiger charge is -2.26. The van der Waals surface area contributed by atoms with Gasteiger partial charge >= 0.3 is 11.9 Å². The van der Waals surface area contributed by atoms with Crippen LogP contribution in [0.4, 0.5) is 0 Å². The van der Waals surface area contributed by atoms with Crippen molar-refractivity contribution in [3.05, 3.63) is 12.2 Å². The first-order valence-electron chi connectivity index (χ1n) is 37.3. The molecule has 0 aromatic rings. The summed E-state index contributed by atoms with van der Waals surface area (Å²) in [6.45, 7) is 4.84. The number of allylic oxidation sites excluding steroid dienone is 2. The van der Waals surface area contributed by atoms with Crippen LogP contribution in [0.25, 0.3) is 0 Å². The smallest absolute Gasteiger partial charge is 0.306 e. The van der Waals surface area contributed by atoms with Gasteiger partial charge in [0.05, 0.1) is 40.3 Å². The fourth-order valence-electron chi connectivity index (χ4n) is 11.5. The molecule has 0 bridgehead atoms. The van der Waals surface area contributed by atoms with Crippen molar-refractivity contribution in [2.45, 2.75) is 405 Å². The number of rotatable bonds is 71. The Labute approximate surface area is 523 Å². The maximum Gasteiger partial charge on any atom is 0.306 e. The van der Waals surface area contributed by atoms with Crippen LogP contribution in [0, 0.1) is 0 Å². The zero-order chi connectivity index (χ0) is 61.2. The van der Waals surface area contributed by atoms with E-state index < -0.39 is 24.3 Å². The number of carbonyl (C=O) groups excluding carboxylic acids is 3. The van der Waals surface area contributed by atoms with Crippen LogP contribution in [0.3, 0.4) is 0 Å². The monoisotopic (exact) mass is 1190 g/mol. The molecule has 0 spiro atoms. The summed E-state index contributed by atoms with van der Waals surface area (Å²) in [6, 6.07) is 0. The summed E-state index contributed by atoms with van der Waals surface area (Å²) in [5, 5.41) is 11.8. The molecule has 2 atom stereocenters. The van der Waals surface area contributed by atoms with Gasteiger partial charge in [-0.25, -0.2) is 0 Å². The van der Waals surface area contributed by atoms with Gasteiger partial charge < -0.3 is 33.3 Å². The van der Waals surface area contributed by atoms with Crippen LogP contribution in [0.2, 0.25) is 0 Å². The summed E-state index contributed by atoms with van der Waals surface area (Å²) >= 11 is 0. The normalized spacial score (nSPS) is 12.6. The second kappa shape index (κ2) is 67.0. The van der Waals surface area contributed by atoms with E-state index in [-0.39, 0.29) is 32.2 Å². The van der Waals surface area contributed by atoms with E-state index >= 15 is 0 Å². The van der Waals surface area contributed by atoms with Gasteiger partial charge in [-0.2, -0.15) is 0 Å². The molecule has 0 heterocycles. The van der Waals surface area contributed by atoms with E-state index in [1.807, 2.05) is 21.1 Å². The summed E-state index contributed by atoms with van der Waals surface area (Å²) < 4.78 is 22.9. The van der Waals surface area contributed by atoms with E-state index in [4.69, 9.17) is 18.9 Å². The first-order chi connectivity index (χ1) is 41.1. The molecule has 9 nitrogen and oxygen atoms in total. The Kier molecular flexibility index (Phi) is 65.4. The number of carboxylic acid groups (broad SMARTS) is 1. The van der Waals surface area contributed by atoms with Crippen molar-refractivity contribution < 1.29 is 42.9 Å². The quantitative estimate of drug-likeness (QED) is 0.0195. The van der Waals surface area contributed by atoms with E-state index in [0.29, 0.717) is 17.4 Å². The van der Waals surface area contributed by atoms with Gasteiger partial charge in [-0.3, -0.25) is 9.59 Å². The van der Waals surface area contributed by atoms with Crippen molar-refractivity contribution in [3.63, 3.8) is 0 Å². The molecule has 498 valence electrons. The zero-order valence-electron chi connectivity index (χ0n) is 57.1. The largest absolute Gasteiger partial charge is 0.545 e. The minimum Gasteiger partial charge on any atom is -0.545 e. The van der Waals surface area contributed by atoms with Gasteiger partial charge in [0.15, 0.2) is 12.4 Å². The first kappa shape index (κ1) is 82.0. The molecule has 9 heteroatoms. The van der Waals surface area contributed by atoms with Crippen LogP contribution in [0.15, 0.2) is 12.2 Å². The molecule has 0 saturated carbocycles. The number of aliphatic carboxylic acids is 1. The predicted octanol–water partition coefficient (Wildman–Crippen LogP) is 21.9. The number of esters is 2. The number of ether oxygens (including phenoxy) is 4. The van der Waals surface area contributed by atoms with Crippen LogP contribution in [0.1, 0.15) is 393 Å². The number of carboxylic acids is 1. The third-order valence-corrected chi connectivity index (χ3v) is 17.3. The Morgan fingerprint density at radius 2 is 0.607 bits per heavy atom. The summed E-state index contributed by atoms with van der Waals surface area (Å²) in [4.78, 5) is 37.5. The maximum absolute atomic E-state index is 12.9. The van der Waals surface area contributed by atoms with Gasteiger partial charge in [0.1, 0.15) is 13.2 Å². The molecule has 0 rings (SSSR count). The minimum atomic E-state index is -1.62. The molecule has 0 aliphatic rings. The van der Waals surface area contributed by atoms with Gasteiger partial charge in [-0.1, -0.05) is 353 Å². The lowest BCUT2D eigenvalue weighted by molar-refractivity contribution is -0.870. The molecule has 0 amide bonds.